The maximum Gasteiger partial charge on any atom is 0.211 e. The molecule has 1 N–H and O–H groups in total. The van der Waals surface area contributed by atoms with Crippen LogP contribution in [0.25, 0.3) is 0 Å². The second-order valence-electron chi connectivity index (χ2n) is 4.22. The molecule has 0 aromatic rings. The van der Waals surface area contributed by atoms with E-state index >= 15 is 0 Å². The summed E-state index contributed by atoms with van der Waals surface area (Å²) in [5, 5.41) is 0. The van der Waals surface area contributed by atoms with E-state index in [1.165, 1.54) is 19.3 Å². The summed E-state index contributed by atoms with van der Waals surface area (Å²) in [5.74, 6) is 1.70. The predicted molar refractivity (Wildman–Crippen MR) is 51.8 cm³/mol. The second kappa shape index (κ2) is 3.24. The topological polar surface area (TPSA) is 46.2 Å². The van der Waals surface area contributed by atoms with Crippen molar-refractivity contribution >= 4 is 10.0 Å². The lowest BCUT2D eigenvalue weighted by molar-refractivity contribution is 0.391. The Morgan fingerprint density at radius 1 is 1.38 bits per heavy atom. The first-order chi connectivity index (χ1) is 6.12. The van der Waals surface area contributed by atoms with Crippen molar-refractivity contribution in [3.05, 3.63) is 0 Å². The minimum Gasteiger partial charge on any atom is -0.212 e. The lowest BCUT2D eigenvalue weighted by Gasteiger charge is -2.21. The van der Waals surface area contributed by atoms with Gasteiger partial charge in [-0.15, -0.1) is 0 Å². The summed E-state index contributed by atoms with van der Waals surface area (Å²) in [7, 11) is -2.98. The summed E-state index contributed by atoms with van der Waals surface area (Å²) < 4.78 is 25.4. The molecule has 2 fully saturated rings. The molecule has 0 radical (unpaired) electrons. The molecular weight excluding hydrogens is 186 g/mol. The first-order valence-corrected chi connectivity index (χ1v) is 6.77. The van der Waals surface area contributed by atoms with Crippen LogP contribution >= 0.6 is 0 Å². The molecule has 76 valence electrons. The molecule has 3 nitrogen and oxygen atoms in total. The molecule has 0 aromatic carbocycles. The largest absolute Gasteiger partial charge is 0.212 e. The van der Waals surface area contributed by atoms with Crippen LogP contribution in [0.1, 0.15) is 32.6 Å². The van der Waals surface area contributed by atoms with Gasteiger partial charge in [-0.1, -0.05) is 12.8 Å². The Bertz CT molecular complexity index is 286. The monoisotopic (exact) mass is 203 g/mol. The summed E-state index contributed by atoms with van der Waals surface area (Å²) >= 11 is 0. The van der Waals surface area contributed by atoms with Gasteiger partial charge >= 0.3 is 0 Å². The van der Waals surface area contributed by atoms with Crippen molar-refractivity contribution in [1.82, 2.24) is 4.72 Å². The van der Waals surface area contributed by atoms with Crippen molar-refractivity contribution in [3.8, 4) is 0 Å². The standard InChI is InChI=1S/C9H17NO2S/c1-2-13(11,12)10-9-5-3-4-7-6-8(7)9/h7-10H,2-6H2,1H3/t7-,8+,9?/m0/s1. The zero-order chi connectivity index (χ0) is 9.47. The van der Waals surface area contributed by atoms with E-state index in [-0.39, 0.29) is 11.8 Å². The van der Waals surface area contributed by atoms with Crippen LogP contribution in [0.3, 0.4) is 0 Å². The molecule has 0 spiro atoms. The number of fused-ring (bicyclic) bond motifs is 1. The number of rotatable bonds is 3. The zero-order valence-electron chi connectivity index (χ0n) is 7.99. The van der Waals surface area contributed by atoms with E-state index in [2.05, 4.69) is 4.72 Å². The minimum absolute atomic E-state index is 0.209. The Labute approximate surface area is 80.0 Å². The third kappa shape index (κ3) is 2.05. The highest BCUT2D eigenvalue weighted by molar-refractivity contribution is 7.89. The lowest BCUT2D eigenvalue weighted by Crippen LogP contribution is -2.38. The number of hydrogen-bond donors (Lipinski definition) is 1. The van der Waals surface area contributed by atoms with E-state index in [0.717, 1.165) is 12.3 Å². The fraction of sp³-hybridized carbons (Fsp3) is 1.00. The van der Waals surface area contributed by atoms with Gasteiger partial charge < -0.3 is 0 Å². The highest BCUT2D eigenvalue weighted by Gasteiger charge is 2.45. The molecule has 0 heterocycles. The first kappa shape index (κ1) is 9.46. The van der Waals surface area contributed by atoms with Crippen molar-refractivity contribution in [2.75, 3.05) is 5.75 Å². The molecule has 0 amide bonds. The van der Waals surface area contributed by atoms with Gasteiger partial charge in [0.25, 0.3) is 0 Å². The number of nitrogens with one attached hydrogen (secondary N) is 1. The molecule has 13 heavy (non-hydrogen) atoms. The molecular formula is C9H17NO2S. The van der Waals surface area contributed by atoms with Crippen LogP contribution < -0.4 is 4.72 Å². The van der Waals surface area contributed by atoms with Crippen LogP contribution in [0.2, 0.25) is 0 Å². The molecule has 0 aliphatic heterocycles. The van der Waals surface area contributed by atoms with Crippen molar-refractivity contribution in [3.63, 3.8) is 0 Å². The van der Waals surface area contributed by atoms with Gasteiger partial charge in [0.05, 0.1) is 5.75 Å². The van der Waals surface area contributed by atoms with Crippen LogP contribution in [-0.4, -0.2) is 20.2 Å². The normalized spacial score (nSPS) is 38.4. The van der Waals surface area contributed by atoms with Crippen LogP contribution in [0.4, 0.5) is 0 Å². The fourth-order valence-electron chi connectivity index (χ4n) is 2.37. The van der Waals surface area contributed by atoms with Gasteiger partial charge in [-0.2, -0.15) is 0 Å². The van der Waals surface area contributed by atoms with E-state index in [4.69, 9.17) is 0 Å². The van der Waals surface area contributed by atoms with E-state index in [9.17, 15) is 8.42 Å². The Kier molecular flexibility index (Phi) is 2.36. The number of sulfonamides is 1. The third-order valence-corrected chi connectivity index (χ3v) is 4.72. The third-order valence-electron chi connectivity index (χ3n) is 3.30. The van der Waals surface area contributed by atoms with Crippen molar-refractivity contribution < 1.29 is 8.42 Å². The van der Waals surface area contributed by atoms with Gasteiger partial charge in [0.1, 0.15) is 0 Å². The molecule has 0 bridgehead atoms. The molecule has 3 atom stereocenters. The summed E-state index contributed by atoms with van der Waals surface area (Å²) in [6.45, 7) is 1.69. The zero-order valence-corrected chi connectivity index (χ0v) is 8.81. The number of hydrogen-bond acceptors (Lipinski definition) is 2. The van der Waals surface area contributed by atoms with Gasteiger partial charge in [0.15, 0.2) is 0 Å². The van der Waals surface area contributed by atoms with Crippen LogP contribution in [0, 0.1) is 11.8 Å². The molecule has 2 aliphatic carbocycles. The van der Waals surface area contributed by atoms with Crippen LogP contribution in [-0.2, 0) is 10.0 Å². The van der Waals surface area contributed by atoms with Gasteiger partial charge in [0, 0.05) is 6.04 Å². The molecule has 0 aromatic heterocycles. The predicted octanol–water partition coefficient (Wildman–Crippen LogP) is 1.11. The molecule has 2 saturated carbocycles. The Balaban J connectivity index is 1.95. The summed E-state index contributed by atoms with van der Waals surface area (Å²) in [6.07, 6.45) is 4.80. The van der Waals surface area contributed by atoms with Crippen LogP contribution in [0.5, 0.6) is 0 Å². The maximum atomic E-state index is 11.3. The molecule has 2 aliphatic rings. The molecule has 4 heteroatoms. The van der Waals surface area contributed by atoms with Gasteiger partial charge in [-0.25, -0.2) is 13.1 Å². The highest BCUT2D eigenvalue weighted by Crippen LogP contribution is 2.49. The average molecular weight is 203 g/mol. The minimum atomic E-state index is -2.98. The van der Waals surface area contributed by atoms with Gasteiger partial charge in [-0.3, -0.25) is 0 Å². The van der Waals surface area contributed by atoms with E-state index in [1.54, 1.807) is 6.92 Å². The van der Waals surface area contributed by atoms with Gasteiger partial charge in [0.2, 0.25) is 10.0 Å². The van der Waals surface area contributed by atoms with E-state index in [1.807, 2.05) is 0 Å². The first-order valence-electron chi connectivity index (χ1n) is 5.12. The molecule has 0 saturated heterocycles. The maximum absolute atomic E-state index is 11.3. The van der Waals surface area contributed by atoms with E-state index < -0.39 is 10.0 Å². The second-order valence-corrected chi connectivity index (χ2v) is 6.26. The van der Waals surface area contributed by atoms with Crippen molar-refractivity contribution in [1.29, 1.82) is 0 Å². The molecule has 1 unspecified atom stereocenters. The lowest BCUT2D eigenvalue weighted by atomic mass is 9.96. The Morgan fingerprint density at radius 2 is 2.15 bits per heavy atom. The SMILES string of the molecule is CCS(=O)(=O)NC1CCC[C@H]2C[C@@H]12. The molecule has 2 rings (SSSR count). The van der Waals surface area contributed by atoms with Crippen molar-refractivity contribution in [2.24, 2.45) is 11.8 Å². The van der Waals surface area contributed by atoms with Crippen molar-refractivity contribution in [2.45, 2.75) is 38.6 Å². The van der Waals surface area contributed by atoms with E-state index in [0.29, 0.717) is 5.92 Å². The Morgan fingerprint density at radius 3 is 2.85 bits per heavy atom. The quantitative estimate of drug-likeness (QED) is 0.747. The van der Waals surface area contributed by atoms with Gasteiger partial charge in [-0.05, 0) is 31.6 Å². The smallest absolute Gasteiger partial charge is 0.211 e. The van der Waals surface area contributed by atoms with Crippen LogP contribution in [0.15, 0.2) is 0 Å². The highest BCUT2D eigenvalue weighted by atomic mass is 32.2. The summed E-state index contributed by atoms with van der Waals surface area (Å²) in [5.41, 5.74) is 0. The average Bonchev–Trinajstić information content (AvgIpc) is 2.84. The summed E-state index contributed by atoms with van der Waals surface area (Å²) in [4.78, 5) is 0. The fourth-order valence-corrected chi connectivity index (χ4v) is 3.29. The summed E-state index contributed by atoms with van der Waals surface area (Å²) in [6, 6.07) is 0.253. The Hall–Kier alpha value is -0.0900.